The highest BCUT2D eigenvalue weighted by Crippen LogP contribution is 2.19. The third kappa shape index (κ3) is 2.65. The number of aryl methyl sites for hydroxylation is 1. The topological polar surface area (TPSA) is 55.0 Å². The van der Waals surface area contributed by atoms with Crippen LogP contribution in [-0.4, -0.2) is 17.1 Å². The Bertz CT molecular complexity index is 590. The maximum Gasteiger partial charge on any atom is 0.251 e. The first-order valence-electron chi connectivity index (χ1n) is 5.92. The van der Waals surface area contributed by atoms with Crippen LogP contribution >= 0.6 is 0 Å². The largest absolute Gasteiger partial charge is 0.378 e. The molecule has 0 aliphatic carbocycles. The number of hydrogen-bond acceptors (Lipinski definition) is 3. The third-order valence-electron chi connectivity index (χ3n) is 2.74. The van der Waals surface area contributed by atoms with Crippen LogP contribution < -0.4 is 5.56 Å². The number of nitrogens with one attached hydrogen (secondary N) is 1. The van der Waals surface area contributed by atoms with Crippen LogP contribution in [0.1, 0.15) is 18.2 Å². The fourth-order valence-electron chi connectivity index (χ4n) is 1.92. The summed E-state index contributed by atoms with van der Waals surface area (Å²) in [4.78, 5) is 18.8. The Hall–Kier alpha value is -1.94. The molecule has 0 aliphatic heterocycles. The van der Waals surface area contributed by atoms with Crippen LogP contribution in [0.3, 0.4) is 0 Å². The van der Waals surface area contributed by atoms with Gasteiger partial charge in [0, 0.05) is 18.7 Å². The fraction of sp³-hybridized carbons (Fsp3) is 0.286. The van der Waals surface area contributed by atoms with Crippen molar-refractivity contribution < 1.29 is 4.74 Å². The number of ether oxygens (including phenoxy) is 1. The van der Waals surface area contributed by atoms with Gasteiger partial charge in [-0.15, -0.1) is 0 Å². The molecule has 0 fully saturated rings. The highest BCUT2D eigenvalue weighted by molar-refractivity contribution is 5.60. The van der Waals surface area contributed by atoms with Crippen molar-refractivity contribution in [2.45, 2.75) is 20.0 Å². The Labute approximate surface area is 106 Å². The second kappa shape index (κ2) is 5.60. The second-order valence-corrected chi connectivity index (χ2v) is 4.03. The molecule has 0 saturated heterocycles. The van der Waals surface area contributed by atoms with E-state index in [0.717, 1.165) is 17.5 Å². The zero-order valence-corrected chi connectivity index (χ0v) is 10.6. The van der Waals surface area contributed by atoms with Gasteiger partial charge in [0.2, 0.25) is 0 Å². The average molecular weight is 244 g/mol. The lowest BCUT2D eigenvalue weighted by Gasteiger charge is -2.08. The van der Waals surface area contributed by atoms with E-state index in [-0.39, 0.29) is 5.56 Å². The monoisotopic (exact) mass is 244 g/mol. The molecule has 0 amide bonds. The molecule has 18 heavy (non-hydrogen) atoms. The van der Waals surface area contributed by atoms with E-state index in [4.69, 9.17) is 4.74 Å². The summed E-state index contributed by atoms with van der Waals surface area (Å²) >= 11 is 0. The second-order valence-electron chi connectivity index (χ2n) is 4.03. The first-order valence-corrected chi connectivity index (χ1v) is 5.92. The quantitative estimate of drug-likeness (QED) is 0.896. The predicted molar refractivity (Wildman–Crippen MR) is 70.4 cm³/mol. The summed E-state index contributed by atoms with van der Waals surface area (Å²) in [7, 11) is 1.59. The number of aromatic nitrogens is 2. The summed E-state index contributed by atoms with van der Waals surface area (Å²) < 4.78 is 5.02. The van der Waals surface area contributed by atoms with Crippen LogP contribution in [0.5, 0.6) is 0 Å². The van der Waals surface area contributed by atoms with Gasteiger partial charge < -0.3 is 9.72 Å². The number of benzene rings is 1. The Morgan fingerprint density at radius 3 is 2.83 bits per heavy atom. The van der Waals surface area contributed by atoms with Crippen LogP contribution in [0.15, 0.2) is 35.1 Å². The van der Waals surface area contributed by atoms with Crippen molar-refractivity contribution in [2.24, 2.45) is 0 Å². The minimum Gasteiger partial charge on any atom is -0.378 e. The molecule has 0 bridgehead atoms. The van der Waals surface area contributed by atoms with Gasteiger partial charge in [-0.3, -0.25) is 4.79 Å². The SMILES string of the molecule is CCc1ccccc1-c1nc(COC)cc(=O)[nH]1. The van der Waals surface area contributed by atoms with Crippen molar-refractivity contribution in [1.82, 2.24) is 9.97 Å². The molecule has 1 N–H and O–H groups in total. The van der Waals surface area contributed by atoms with E-state index in [1.54, 1.807) is 7.11 Å². The highest BCUT2D eigenvalue weighted by atomic mass is 16.5. The smallest absolute Gasteiger partial charge is 0.251 e. The summed E-state index contributed by atoms with van der Waals surface area (Å²) in [5, 5.41) is 0. The van der Waals surface area contributed by atoms with Gasteiger partial charge in [0.25, 0.3) is 5.56 Å². The van der Waals surface area contributed by atoms with Gasteiger partial charge in [-0.25, -0.2) is 4.98 Å². The average Bonchev–Trinajstić information content (AvgIpc) is 2.38. The molecule has 0 saturated carbocycles. The maximum atomic E-state index is 11.6. The molecule has 1 aromatic heterocycles. The molecule has 1 heterocycles. The lowest BCUT2D eigenvalue weighted by atomic mass is 10.0. The van der Waals surface area contributed by atoms with Crippen molar-refractivity contribution in [3.63, 3.8) is 0 Å². The number of aromatic amines is 1. The van der Waals surface area contributed by atoms with Crippen molar-refractivity contribution >= 4 is 0 Å². The molecule has 0 spiro atoms. The number of nitrogens with zero attached hydrogens (tertiary/aromatic N) is 1. The predicted octanol–water partition coefficient (Wildman–Crippen LogP) is 2.15. The Morgan fingerprint density at radius 1 is 1.33 bits per heavy atom. The molecule has 1 aromatic carbocycles. The van der Waals surface area contributed by atoms with Gasteiger partial charge >= 0.3 is 0 Å². The minimum atomic E-state index is -0.155. The molecule has 2 aromatic rings. The maximum absolute atomic E-state index is 11.6. The van der Waals surface area contributed by atoms with Crippen molar-refractivity contribution in [3.8, 4) is 11.4 Å². The molecule has 4 nitrogen and oxygen atoms in total. The van der Waals surface area contributed by atoms with Gasteiger partial charge in [-0.1, -0.05) is 31.2 Å². The highest BCUT2D eigenvalue weighted by Gasteiger charge is 2.07. The van der Waals surface area contributed by atoms with Gasteiger partial charge in [0.05, 0.1) is 12.3 Å². The fourth-order valence-corrected chi connectivity index (χ4v) is 1.92. The molecular weight excluding hydrogens is 228 g/mol. The summed E-state index contributed by atoms with van der Waals surface area (Å²) in [5.41, 5.74) is 2.62. The third-order valence-corrected chi connectivity index (χ3v) is 2.74. The van der Waals surface area contributed by atoms with E-state index in [9.17, 15) is 4.79 Å². The number of methoxy groups -OCH3 is 1. The molecule has 2 rings (SSSR count). The van der Waals surface area contributed by atoms with Crippen molar-refractivity contribution in [2.75, 3.05) is 7.11 Å². The molecule has 0 unspecified atom stereocenters. The lowest BCUT2D eigenvalue weighted by molar-refractivity contribution is 0.181. The molecule has 94 valence electrons. The summed E-state index contributed by atoms with van der Waals surface area (Å²) in [6, 6.07) is 9.39. The zero-order valence-electron chi connectivity index (χ0n) is 10.6. The van der Waals surface area contributed by atoms with Crippen LogP contribution in [0.4, 0.5) is 0 Å². The normalized spacial score (nSPS) is 10.6. The van der Waals surface area contributed by atoms with E-state index >= 15 is 0 Å². The van der Waals surface area contributed by atoms with Crippen molar-refractivity contribution in [3.05, 3.63) is 51.9 Å². The van der Waals surface area contributed by atoms with Crippen molar-refractivity contribution in [1.29, 1.82) is 0 Å². The van der Waals surface area contributed by atoms with Gasteiger partial charge in [-0.05, 0) is 12.0 Å². The minimum absolute atomic E-state index is 0.155. The van der Waals surface area contributed by atoms with E-state index in [1.165, 1.54) is 6.07 Å². The van der Waals surface area contributed by atoms with Crippen LogP contribution in [-0.2, 0) is 17.8 Å². The van der Waals surface area contributed by atoms with Gasteiger partial charge in [-0.2, -0.15) is 0 Å². The van der Waals surface area contributed by atoms with E-state index < -0.39 is 0 Å². The number of rotatable bonds is 4. The number of hydrogen-bond donors (Lipinski definition) is 1. The number of H-pyrrole nitrogens is 1. The Balaban J connectivity index is 2.53. The molecule has 0 radical (unpaired) electrons. The van der Waals surface area contributed by atoms with Gasteiger partial charge in [0.15, 0.2) is 0 Å². The Morgan fingerprint density at radius 2 is 2.11 bits per heavy atom. The van der Waals surface area contributed by atoms with E-state index in [0.29, 0.717) is 18.1 Å². The van der Waals surface area contributed by atoms with Crippen LogP contribution in [0.25, 0.3) is 11.4 Å². The summed E-state index contributed by atoms with van der Waals surface area (Å²) in [6.45, 7) is 2.42. The Kier molecular flexibility index (Phi) is 3.89. The van der Waals surface area contributed by atoms with Gasteiger partial charge in [0.1, 0.15) is 5.82 Å². The van der Waals surface area contributed by atoms with E-state index in [1.807, 2.05) is 24.3 Å². The summed E-state index contributed by atoms with van der Waals surface area (Å²) in [5.74, 6) is 0.604. The first kappa shape index (κ1) is 12.5. The standard InChI is InChI=1S/C14H16N2O2/c1-3-10-6-4-5-7-12(10)14-15-11(9-18-2)8-13(17)16-14/h4-8H,3,9H2,1-2H3,(H,15,16,17). The van der Waals surface area contributed by atoms with Crippen LogP contribution in [0, 0.1) is 0 Å². The summed E-state index contributed by atoms with van der Waals surface area (Å²) in [6.07, 6.45) is 0.897. The van der Waals surface area contributed by atoms with E-state index in [2.05, 4.69) is 16.9 Å². The van der Waals surface area contributed by atoms with Crippen LogP contribution in [0.2, 0.25) is 0 Å². The first-order chi connectivity index (χ1) is 8.74. The molecule has 0 aliphatic rings. The zero-order chi connectivity index (χ0) is 13.0. The molecule has 0 atom stereocenters. The molecule has 4 heteroatoms. The lowest BCUT2D eigenvalue weighted by Crippen LogP contribution is -2.11. The molecular formula is C14H16N2O2.